The van der Waals surface area contributed by atoms with Gasteiger partial charge in [-0.25, -0.2) is 9.48 Å². The number of aryl methyl sites for hydroxylation is 1. The van der Waals surface area contributed by atoms with Gasteiger partial charge in [-0.15, -0.1) is 0 Å². The fraction of sp³-hybridized carbons (Fsp3) is 0.421. The van der Waals surface area contributed by atoms with Gasteiger partial charge in [0, 0.05) is 17.8 Å². The lowest BCUT2D eigenvalue weighted by atomic mass is 10.1. The van der Waals surface area contributed by atoms with Gasteiger partial charge in [0.2, 0.25) is 0 Å². The normalized spacial score (nSPS) is 19.4. The highest BCUT2D eigenvalue weighted by atomic mass is 16.5. The first-order chi connectivity index (χ1) is 12.6. The molecule has 1 N–H and O–H groups in total. The van der Waals surface area contributed by atoms with Gasteiger partial charge in [0.15, 0.2) is 11.7 Å². The minimum absolute atomic E-state index is 0.0156. The molecule has 1 saturated heterocycles. The molecule has 1 atom stereocenters. The van der Waals surface area contributed by atoms with Gasteiger partial charge in [-0.3, -0.25) is 4.79 Å². The van der Waals surface area contributed by atoms with E-state index < -0.39 is 12.0 Å². The van der Waals surface area contributed by atoms with Crippen LogP contribution in [-0.4, -0.2) is 57.5 Å². The molecule has 2 aromatic rings. The number of aromatic nitrogens is 2. The van der Waals surface area contributed by atoms with E-state index in [1.807, 2.05) is 35.9 Å². The first-order valence-electron chi connectivity index (χ1n) is 8.86. The van der Waals surface area contributed by atoms with Crippen LogP contribution in [0.15, 0.2) is 24.3 Å². The lowest BCUT2D eigenvalue weighted by molar-refractivity contribution is -0.147. The number of hydrogen-bond donors (Lipinski definition) is 1. The zero-order valence-corrected chi connectivity index (χ0v) is 14.6. The zero-order chi connectivity index (χ0) is 18.3. The Morgan fingerprint density at radius 1 is 1.27 bits per heavy atom. The molecule has 1 unspecified atom stereocenters. The molecule has 136 valence electrons. The Morgan fingerprint density at radius 3 is 2.85 bits per heavy atom. The predicted octanol–water partition coefficient (Wildman–Crippen LogP) is 1.60. The second kappa shape index (κ2) is 6.57. The molecular formula is C19H21N3O4. The number of carbonyl (C=O) groups is 2. The number of fused-ring (bicyclic) bond motifs is 1. The molecule has 0 radical (unpaired) electrons. The number of carbonyl (C=O) groups excluding carboxylic acids is 1. The molecule has 7 nitrogen and oxygen atoms in total. The van der Waals surface area contributed by atoms with Crippen molar-refractivity contribution in [2.24, 2.45) is 0 Å². The topological polar surface area (TPSA) is 84.7 Å². The number of morpholine rings is 1. The van der Waals surface area contributed by atoms with Crippen molar-refractivity contribution in [1.82, 2.24) is 14.7 Å². The van der Waals surface area contributed by atoms with Crippen LogP contribution in [0.4, 0.5) is 0 Å². The Bertz CT molecular complexity index is 874. The molecule has 26 heavy (non-hydrogen) atoms. The summed E-state index contributed by atoms with van der Waals surface area (Å²) in [6.07, 6.45) is 2.64. The average Bonchev–Trinajstić information content (AvgIpc) is 3.24. The molecule has 1 aliphatic heterocycles. The van der Waals surface area contributed by atoms with E-state index in [-0.39, 0.29) is 19.1 Å². The molecule has 2 aliphatic rings. The van der Waals surface area contributed by atoms with Gasteiger partial charge in [-0.2, -0.15) is 5.10 Å². The molecule has 1 fully saturated rings. The van der Waals surface area contributed by atoms with E-state index in [2.05, 4.69) is 5.10 Å². The van der Waals surface area contributed by atoms with E-state index >= 15 is 0 Å². The smallest absolute Gasteiger partial charge is 0.328 e. The van der Waals surface area contributed by atoms with Crippen LogP contribution in [0.2, 0.25) is 0 Å². The summed E-state index contributed by atoms with van der Waals surface area (Å²) in [5.74, 6) is -1.36. The van der Waals surface area contributed by atoms with Crippen LogP contribution in [0, 0.1) is 6.92 Å². The van der Waals surface area contributed by atoms with Gasteiger partial charge in [0.1, 0.15) is 0 Å². The molecule has 0 saturated carbocycles. The number of hydrogen-bond acceptors (Lipinski definition) is 4. The van der Waals surface area contributed by atoms with Gasteiger partial charge >= 0.3 is 5.97 Å². The van der Waals surface area contributed by atoms with Gasteiger partial charge in [-0.1, -0.05) is 18.2 Å². The van der Waals surface area contributed by atoms with Crippen LogP contribution < -0.4 is 0 Å². The molecule has 0 bridgehead atoms. The van der Waals surface area contributed by atoms with Gasteiger partial charge in [0.25, 0.3) is 5.91 Å². The lowest BCUT2D eigenvalue weighted by Crippen LogP contribution is -2.52. The summed E-state index contributed by atoms with van der Waals surface area (Å²) in [6.45, 7) is 2.64. The third-order valence-corrected chi connectivity index (χ3v) is 5.15. The Morgan fingerprint density at radius 2 is 2.08 bits per heavy atom. The molecule has 1 aromatic heterocycles. The van der Waals surface area contributed by atoms with Crippen molar-refractivity contribution in [1.29, 1.82) is 0 Å². The zero-order valence-electron chi connectivity index (χ0n) is 14.6. The van der Waals surface area contributed by atoms with Crippen LogP contribution in [0.5, 0.6) is 0 Å². The molecule has 1 aliphatic carbocycles. The summed E-state index contributed by atoms with van der Waals surface area (Å²) in [7, 11) is 0. The number of para-hydroxylation sites is 1. The number of nitrogens with zero attached hydrogens (tertiary/aromatic N) is 3. The second-order valence-electron chi connectivity index (χ2n) is 6.75. The highest BCUT2D eigenvalue weighted by Crippen LogP contribution is 2.30. The van der Waals surface area contributed by atoms with Gasteiger partial charge in [0.05, 0.1) is 18.9 Å². The van der Waals surface area contributed by atoms with E-state index in [4.69, 9.17) is 4.74 Å². The summed E-state index contributed by atoms with van der Waals surface area (Å²) in [6, 6.07) is 6.97. The van der Waals surface area contributed by atoms with E-state index in [0.29, 0.717) is 12.3 Å². The van der Waals surface area contributed by atoms with Crippen molar-refractivity contribution >= 4 is 11.9 Å². The van der Waals surface area contributed by atoms with E-state index in [1.54, 1.807) is 0 Å². The number of benzene rings is 1. The Balaban J connectivity index is 1.76. The second-order valence-corrected chi connectivity index (χ2v) is 6.75. The van der Waals surface area contributed by atoms with Crippen LogP contribution in [0.25, 0.3) is 5.69 Å². The van der Waals surface area contributed by atoms with E-state index in [1.165, 1.54) is 4.90 Å². The van der Waals surface area contributed by atoms with Crippen molar-refractivity contribution in [3.8, 4) is 5.69 Å². The first-order valence-corrected chi connectivity index (χ1v) is 8.86. The number of amides is 1. The van der Waals surface area contributed by atoms with Crippen LogP contribution in [0.1, 0.15) is 33.7 Å². The maximum absolute atomic E-state index is 13.1. The Hall–Kier alpha value is -2.67. The minimum atomic E-state index is -1.05. The van der Waals surface area contributed by atoms with E-state index in [9.17, 15) is 14.7 Å². The molecule has 1 amide bonds. The molecule has 1 aromatic carbocycles. The van der Waals surface area contributed by atoms with Crippen molar-refractivity contribution in [2.75, 3.05) is 19.8 Å². The van der Waals surface area contributed by atoms with Crippen molar-refractivity contribution in [3.63, 3.8) is 0 Å². The summed E-state index contributed by atoms with van der Waals surface area (Å²) in [5.41, 5.74) is 4.44. The largest absolute Gasteiger partial charge is 0.480 e. The first kappa shape index (κ1) is 16.8. The molecule has 7 heteroatoms. The SMILES string of the molecule is Cc1ccccc1-n1nc(C(=O)N2CCOCC2C(=O)O)c2c1CCC2. The Kier molecular flexibility index (Phi) is 4.24. The molecule has 2 heterocycles. The van der Waals surface area contributed by atoms with Crippen molar-refractivity contribution in [2.45, 2.75) is 32.2 Å². The minimum Gasteiger partial charge on any atom is -0.480 e. The summed E-state index contributed by atoms with van der Waals surface area (Å²) < 4.78 is 7.10. The number of carboxylic acids is 1. The lowest BCUT2D eigenvalue weighted by Gasteiger charge is -2.32. The standard InChI is InChI=1S/C19H21N3O4/c1-12-5-2-3-7-14(12)22-15-8-4-6-13(15)17(20-22)18(23)21-9-10-26-11-16(21)19(24)25/h2-3,5,7,16H,4,6,8-11H2,1H3,(H,24,25). The maximum Gasteiger partial charge on any atom is 0.328 e. The summed E-state index contributed by atoms with van der Waals surface area (Å²) >= 11 is 0. The third-order valence-electron chi connectivity index (χ3n) is 5.15. The predicted molar refractivity (Wildman–Crippen MR) is 93.6 cm³/mol. The fourth-order valence-electron chi connectivity index (χ4n) is 3.80. The maximum atomic E-state index is 13.1. The summed E-state index contributed by atoms with van der Waals surface area (Å²) in [4.78, 5) is 26.0. The summed E-state index contributed by atoms with van der Waals surface area (Å²) in [5, 5.41) is 14.0. The van der Waals surface area contributed by atoms with Crippen molar-refractivity contribution in [3.05, 3.63) is 46.8 Å². The highest BCUT2D eigenvalue weighted by molar-refractivity contribution is 5.97. The molecule has 4 rings (SSSR count). The molecular weight excluding hydrogens is 334 g/mol. The van der Waals surface area contributed by atoms with Gasteiger partial charge < -0.3 is 14.7 Å². The Labute approximate surface area is 151 Å². The third kappa shape index (κ3) is 2.68. The van der Waals surface area contributed by atoms with Crippen molar-refractivity contribution < 1.29 is 19.4 Å². The number of carboxylic acid groups (broad SMARTS) is 1. The highest BCUT2D eigenvalue weighted by Gasteiger charge is 2.37. The quantitative estimate of drug-likeness (QED) is 0.904. The van der Waals surface area contributed by atoms with E-state index in [0.717, 1.165) is 41.8 Å². The number of ether oxygens (including phenoxy) is 1. The molecule has 0 spiro atoms. The van der Waals surface area contributed by atoms with Crippen LogP contribution in [-0.2, 0) is 22.4 Å². The average molecular weight is 355 g/mol. The van der Waals surface area contributed by atoms with Gasteiger partial charge in [-0.05, 0) is 37.8 Å². The van der Waals surface area contributed by atoms with Crippen LogP contribution >= 0.6 is 0 Å². The fourth-order valence-corrected chi connectivity index (χ4v) is 3.80. The monoisotopic (exact) mass is 355 g/mol. The number of aliphatic carboxylic acids is 1. The number of rotatable bonds is 3. The van der Waals surface area contributed by atoms with Crippen LogP contribution in [0.3, 0.4) is 0 Å².